The van der Waals surface area contributed by atoms with E-state index in [-0.39, 0.29) is 12.5 Å². The molecule has 0 bridgehead atoms. The highest BCUT2D eigenvalue weighted by atomic mass is 35.5. The first kappa shape index (κ1) is 17.9. The Morgan fingerprint density at radius 1 is 1.20 bits per heavy atom. The van der Waals surface area contributed by atoms with Crippen LogP contribution < -0.4 is 9.64 Å². The predicted octanol–water partition coefficient (Wildman–Crippen LogP) is 2.86. The van der Waals surface area contributed by atoms with Crippen LogP contribution in [0.25, 0.3) is 0 Å². The van der Waals surface area contributed by atoms with Gasteiger partial charge in [-0.05, 0) is 19.1 Å². The van der Waals surface area contributed by atoms with Crippen molar-refractivity contribution >= 4 is 34.8 Å². The van der Waals surface area contributed by atoms with Crippen molar-refractivity contribution in [2.45, 2.75) is 13.5 Å². The van der Waals surface area contributed by atoms with Gasteiger partial charge in [-0.2, -0.15) is 5.10 Å². The fraction of sp³-hybridized carbons (Fsp3) is 0.412. The zero-order valence-corrected chi connectivity index (χ0v) is 15.7. The smallest absolute Gasteiger partial charge is 0.244 e. The van der Waals surface area contributed by atoms with E-state index < -0.39 is 0 Å². The van der Waals surface area contributed by atoms with E-state index in [4.69, 9.17) is 27.9 Å². The quantitative estimate of drug-likeness (QED) is 0.815. The molecule has 25 heavy (non-hydrogen) atoms. The normalized spacial score (nSPS) is 14.7. The molecule has 1 amide bonds. The molecule has 0 radical (unpaired) electrons. The SMILES string of the molecule is COc1cc(N2CCN(C(=O)Cn3ncc(Cl)c3C)CC2)ccc1Cl. The van der Waals surface area contributed by atoms with Gasteiger partial charge >= 0.3 is 0 Å². The van der Waals surface area contributed by atoms with E-state index in [1.54, 1.807) is 18.0 Å². The third-order valence-corrected chi connectivity index (χ3v) is 5.14. The van der Waals surface area contributed by atoms with Crippen molar-refractivity contribution in [1.29, 1.82) is 0 Å². The molecule has 2 heterocycles. The van der Waals surface area contributed by atoms with Gasteiger partial charge in [0.05, 0.1) is 29.0 Å². The zero-order valence-electron chi connectivity index (χ0n) is 14.2. The lowest BCUT2D eigenvalue weighted by Crippen LogP contribution is -2.49. The van der Waals surface area contributed by atoms with Gasteiger partial charge in [0.15, 0.2) is 0 Å². The molecule has 0 spiro atoms. The average Bonchev–Trinajstić information content (AvgIpc) is 2.94. The van der Waals surface area contributed by atoms with Crippen LogP contribution in [0.3, 0.4) is 0 Å². The van der Waals surface area contributed by atoms with Crippen molar-refractivity contribution in [2.24, 2.45) is 0 Å². The summed E-state index contributed by atoms with van der Waals surface area (Å²) in [7, 11) is 1.60. The van der Waals surface area contributed by atoms with Crippen molar-refractivity contribution in [2.75, 3.05) is 38.2 Å². The first-order valence-corrected chi connectivity index (χ1v) is 8.79. The number of hydrogen-bond donors (Lipinski definition) is 0. The first-order valence-electron chi connectivity index (χ1n) is 8.03. The number of carbonyl (C=O) groups excluding carboxylic acids is 1. The lowest BCUT2D eigenvalue weighted by molar-refractivity contribution is -0.132. The Balaban J connectivity index is 1.60. The van der Waals surface area contributed by atoms with Crippen molar-refractivity contribution in [3.63, 3.8) is 0 Å². The van der Waals surface area contributed by atoms with Crippen LogP contribution in [0.5, 0.6) is 5.75 Å². The van der Waals surface area contributed by atoms with Gasteiger partial charge in [-0.15, -0.1) is 0 Å². The minimum Gasteiger partial charge on any atom is -0.495 e. The maximum absolute atomic E-state index is 12.5. The molecular weight excluding hydrogens is 363 g/mol. The maximum atomic E-state index is 12.5. The van der Waals surface area contributed by atoms with Crippen molar-refractivity contribution in [1.82, 2.24) is 14.7 Å². The van der Waals surface area contributed by atoms with Gasteiger partial charge in [0, 0.05) is 37.9 Å². The minimum atomic E-state index is 0.0520. The highest BCUT2D eigenvalue weighted by Gasteiger charge is 2.22. The third-order valence-electron chi connectivity index (χ3n) is 4.46. The molecule has 0 unspecified atom stereocenters. The van der Waals surface area contributed by atoms with Crippen LogP contribution in [0.4, 0.5) is 5.69 Å². The number of hydrogen-bond acceptors (Lipinski definition) is 4. The number of amides is 1. The molecule has 1 aromatic heterocycles. The molecule has 1 aliphatic rings. The molecule has 134 valence electrons. The first-order chi connectivity index (χ1) is 12.0. The number of ether oxygens (including phenoxy) is 1. The van der Waals surface area contributed by atoms with Crippen LogP contribution >= 0.6 is 23.2 Å². The molecular formula is C17H20Cl2N4O2. The molecule has 3 rings (SSSR count). The van der Waals surface area contributed by atoms with E-state index in [0.717, 1.165) is 24.5 Å². The Morgan fingerprint density at radius 2 is 1.92 bits per heavy atom. The van der Waals surface area contributed by atoms with Crippen LogP contribution in [0.2, 0.25) is 10.0 Å². The Morgan fingerprint density at radius 3 is 2.52 bits per heavy atom. The summed E-state index contributed by atoms with van der Waals surface area (Å²) < 4.78 is 6.91. The van der Waals surface area contributed by atoms with Crippen LogP contribution in [-0.4, -0.2) is 53.9 Å². The summed E-state index contributed by atoms with van der Waals surface area (Å²) in [6, 6.07) is 5.73. The molecule has 0 saturated carbocycles. The standard InChI is InChI=1S/C17H20Cl2N4O2/c1-12-15(19)10-20-23(12)11-17(24)22-7-5-21(6-8-22)13-3-4-14(18)16(9-13)25-2/h3-4,9-10H,5-8,11H2,1-2H3. The van der Waals surface area contributed by atoms with Crippen LogP contribution in [0.15, 0.2) is 24.4 Å². The van der Waals surface area contributed by atoms with Crippen LogP contribution in [-0.2, 0) is 11.3 Å². The Bertz CT molecular complexity index is 770. The molecule has 2 aromatic rings. The third kappa shape index (κ3) is 3.85. The van der Waals surface area contributed by atoms with Gasteiger partial charge in [-0.3, -0.25) is 9.48 Å². The number of rotatable bonds is 4. The summed E-state index contributed by atoms with van der Waals surface area (Å²) in [4.78, 5) is 16.6. The van der Waals surface area contributed by atoms with E-state index in [0.29, 0.717) is 28.9 Å². The second-order valence-electron chi connectivity index (χ2n) is 5.92. The molecule has 0 N–H and O–H groups in total. The highest BCUT2D eigenvalue weighted by molar-refractivity contribution is 6.32. The number of piperazine rings is 1. The predicted molar refractivity (Wildman–Crippen MR) is 98.8 cm³/mol. The van der Waals surface area contributed by atoms with Gasteiger partial charge in [0.1, 0.15) is 12.3 Å². The monoisotopic (exact) mass is 382 g/mol. The van der Waals surface area contributed by atoms with Crippen molar-refractivity contribution < 1.29 is 9.53 Å². The zero-order chi connectivity index (χ0) is 18.0. The number of aromatic nitrogens is 2. The van der Waals surface area contributed by atoms with Gasteiger partial charge in [-0.1, -0.05) is 23.2 Å². The fourth-order valence-corrected chi connectivity index (χ4v) is 3.21. The van der Waals surface area contributed by atoms with Crippen LogP contribution in [0.1, 0.15) is 5.69 Å². The van der Waals surface area contributed by atoms with Gasteiger partial charge in [0.2, 0.25) is 5.91 Å². The number of halogens is 2. The fourth-order valence-electron chi connectivity index (χ4n) is 2.87. The van der Waals surface area contributed by atoms with Crippen molar-refractivity contribution in [3.05, 3.63) is 40.1 Å². The molecule has 1 aromatic carbocycles. The Kier molecular flexibility index (Phi) is 5.39. The summed E-state index contributed by atoms with van der Waals surface area (Å²) in [5.74, 6) is 0.708. The summed E-state index contributed by atoms with van der Waals surface area (Å²) in [5, 5.41) is 5.31. The Labute approximate surface area is 156 Å². The summed E-state index contributed by atoms with van der Waals surface area (Å²) in [5.41, 5.74) is 1.85. The number of methoxy groups -OCH3 is 1. The summed E-state index contributed by atoms with van der Waals surface area (Å²) in [6.07, 6.45) is 1.57. The van der Waals surface area contributed by atoms with E-state index in [2.05, 4.69) is 10.00 Å². The molecule has 0 aliphatic carbocycles. The largest absolute Gasteiger partial charge is 0.495 e. The van der Waals surface area contributed by atoms with E-state index in [1.807, 2.05) is 30.0 Å². The van der Waals surface area contributed by atoms with Crippen LogP contribution in [0, 0.1) is 6.92 Å². The van der Waals surface area contributed by atoms with E-state index in [9.17, 15) is 4.79 Å². The molecule has 1 saturated heterocycles. The topological polar surface area (TPSA) is 50.6 Å². The van der Waals surface area contributed by atoms with E-state index >= 15 is 0 Å². The number of carbonyl (C=O) groups is 1. The second kappa shape index (κ2) is 7.54. The lowest BCUT2D eigenvalue weighted by atomic mass is 10.2. The van der Waals surface area contributed by atoms with Gasteiger partial charge in [-0.25, -0.2) is 0 Å². The minimum absolute atomic E-state index is 0.0520. The number of nitrogens with zero attached hydrogens (tertiary/aromatic N) is 4. The van der Waals surface area contributed by atoms with Crippen molar-refractivity contribution in [3.8, 4) is 5.75 Å². The summed E-state index contributed by atoms with van der Waals surface area (Å²) >= 11 is 12.1. The lowest BCUT2D eigenvalue weighted by Gasteiger charge is -2.36. The summed E-state index contributed by atoms with van der Waals surface area (Å²) in [6.45, 7) is 4.92. The maximum Gasteiger partial charge on any atom is 0.244 e. The molecule has 1 aliphatic heterocycles. The average molecular weight is 383 g/mol. The second-order valence-corrected chi connectivity index (χ2v) is 6.74. The Hall–Kier alpha value is -1.92. The van der Waals surface area contributed by atoms with E-state index in [1.165, 1.54) is 0 Å². The number of benzene rings is 1. The van der Waals surface area contributed by atoms with Gasteiger partial charge in [0.25, 0.3) is 0 Å². The molecule has 8 heteroatoms. The molecule has 6 nitrogen and oxygen atoms in total. The molecule has 0 atom stereocenters. The highest BCUT2D eigenvalue weighted by Crippen LogP contribution is 2.29. The molecule has 1 fully saturated rings. The number of anilines is 1. The van der Waals surface area contributed by atoms with Gasteiger partial charge < -0.3 is 14.5 Å².